The summed E-state index contributed by atoms with van der Waals surface area (Å²) < 4.78 is 35.0. The number of hydrogen-bond donors (Lipinski definition) is 2. The molecule has 23 heavy (non-hydrogen) atoms. The summed E-state index contributed by atoms with van der Waals surface area (Å²) >= 11 is 0. The number of rotatable bonds is 7. The van der Waals surface area contributed by atoms with Gasteiger partial charge in [-0.15, -0.1) is 0 Å². The van der Waals surface area contributed by atoms with Crippen LogP contribution in [0, 0.1) is 5.92 Å². The molecule has 8 heteroatoms. The predicted molar refractivity (Wildman–Crippen MR) is 86.2 cm³/mol. The summed E-state index contributed by atoms with van der Waals surface area (Å²) in [6.45, 7) is 1.14. The van der Waals surface area contributed by atoms with Crippen LogP contribution in [0.15, 0.2) is 18.2 Å². The van der Waals surface area contributed by atoms with Crippen LogP contribution in [0.5, 0.6) is 11.5 Å². The maximum absolute atomic E-state index is 11.7. The van der Waals surface area contributed by atoms with E-state index in [4.69, 9.17) is 9.47 Å². The Morgan fingerprint density at radius 1 is 1.43 bits per heavy atom. The molecule has 1 amide bonds. The first-order valence-corrected chi connectivity index (χ1v) is 9.27. The third-order valence-electron chi connectivity index (χ3n) is 3.56. The summed E-state index contributed by atoms with van der Waals surface area (Å²) in [7, 11) is -1.64. The molecule has 0 bridgehead atoms. The van der Waals surface area contributed by atoms with Crippen molar-refractivity contribution >= 4 is 15.9 Å². The first-order valence-electron chi connectivity index (χ1n) is 7.38. The zero-order valence-corrected chi connectivity index (χ0v) is 14.1. The van der Waals surface area contributed by atoms with Crippen molar-refractivity contribution in [3.05, 3.63) is 23.8 Å². The number of benzene rings is 1. The monoisotopic (exact) mass is 342 g/mol. The van der Waals surface area contributed by atoms with Crippen LogP contribution in [0.2, 0.25) is 0 Å². The molecule has 0 aromatic heterocycles. The second-order valence-electron chi connectivity index (χ2n) is 5.58. The average molecular weight is 342 g/mol. The van der Waals surface area contributed by atoms with Crippen LogP contribution >= 0.6 is 0 Å². The Kier molecular flexibility index (Phi) is 5.84. The smallest absolute Gasteiger partial charge is 0.221 e. The molecule has 0 radical (unpaired) electrons. The lowest BCUT2D eigenvalue weighted by Gasteiger charge is -2.25. The van der Waals surface area contributed by atoms with Gasteiger partial charge in [-0.3, -0.25) is 4.79 Å². The molecule has 0 spiro atoms. The highest BCUT2D eigenvalue weighted by atomic mass is 32.2. The van der Waals surface area contributed by atoms with E-state index in [1.165, 1.54) is 0 Å². The molecule has 2 N–H and O–H groups in total. The van der Waals surface area contributed by atoms with Crippen LogP contribution in [0.3, 0.4) is 0 Å². The van der Waals surface area contributed by atoms with Crippen LogP contribution in [-0.4, -0.2) is 47.4 Å². The summed E-state index contributed by atoms with van der Waals surface area (Å²) in [4.78, 5) is 11.7. The molecule has 1 atom stereocenters. The van der Waals surface area contributed by atoms with Gasteiger partial charge < -0.3 is 14.8 Å². The molecule has 0 aliphatic carbocycles. The van der Waals surface area contributed by atoms with Gasteiger partial charge in [-0.05, 0) is 18.1 Å². The fourth-order valence-corrected chi connectivity index (χ4v) is 2.84. The number of carbonyl (C=O) groups excluding carboxylic acids is 1. The number of sulfonamides is 1. The maximum atomic E-state index is 11.7. The minimum atomic E-state index is -3.25. The molecule has 0 fully saturated rings. The quantitative estimate of drug-likeness (QED) is 0.743. The topological polar surface area (TPSA) is 93.7 Å². The van der Waals surface area contributed by atoms with E-state index in [-0.39, 0.29) is 24.8 Å². The molecule has 128 valence electrons. The zero-order chi connectivity index (χ0) is 16.9. The number of nitrogens with one attached hydrogen (secondary N) is 2. The Morgan fingerprint density at radius 2 is 2.22 bits per heavy atom. The fourth-order valence-electron chi connectivity index (χ4n) is 2.37. The standard InChI is InChI=1S/C15H22N2O5S/c1-21-13-4-3-12-7-11(10-22-14(12)8-13)9-16-15(18)5-6-17-23(2,19)20/h3-4,8,11,17H,5-7,9-10H2,1-2H3,(H,16,18). The van der Waals surface area contributed by atoms with Crippen LogP contribution in [-0.2, 0) is 21.2 Å². The Labute approximate surface area is 136 Å². The Hall–Kier alpha value is -1.80. The summed E-state index contributed by atoms with van der Waals surface area (Å²) in [6, 6.07) is 5.72. The Bertz CT molecular complexity index is 660. The lowest BCUT2D eigenvalue weighted by molar-refractivity contribution is -0.121. The lowest BCUT2D eigenvalue weighted by Crippen LogP contribution is -2.36. The number of methoxy groups -OCH3 is 1. The van der Waals surface area contributed by atoms with E-state index in [0.717, 1.165) is 29.7 Å². The molecule has 1 heterocycles. The molecule has 1 unspecified atom stereocenters. The average Bonchev–Trinajstić information content (AvgIpc) is 2.51. The van der Waals surface area contributed by atoms with E-state index < -0.39 is 10.0 Å². The second-order valence-corrected chi connectivity index (χ2v) is 7.41. The van der Waals surface area contributed by atoms with Crippen LogP contribution in [0.1, 0.15) is 12.0 Å². The summed E-state index contributed by atoms with van der Waals surface area (Å²) in [5.74, 6) is 1.60. The van der Waals surface area contributed by atoms with Crippen molar-refractivity contribution in [2.45, 2.75) is 12.8 Å². The minimum absolute atomic E-state index is 0.106. The highest BCUT2D eigenvalue weighted by Gasteiger charge is 2.20. The number of carbonyl (C=O) groups is 1. The Balaban J connectivity index is 1.76. The third-order valence-corrected chi connectivity index (χ3v) is 4.29. The van der Waals surface area contributed by atoms with Crippen LogP contribution in [0.4, 0.5) is 0 Å². The van der Waals surface area contributed by atoms with Gasteiger partial charge in [0.2, 0.25) is 15.9 Å². The van der Waals surface area contributed by atoms with E-state index in [2.05, 4.69) is 10.0 Å². The molecular formula is C15H22N2O5S. The highest BCUT2D eigenvalue weighted by molar-refractivity contribution is 7.88. The summed E-state index contributed by atoms with van der Waals surface area (Å²) in [6.07, 6.45) is 2.01. The van der Waals surface area contributed by atoms with E-state index in [1.807, 2.05) is 18.2 Å². The van der Waals surface area contributed by atoms with Crippen molar-refractivity contribution in [3.8, 4) is 11.5 Å². The number of fused-ring (bicyclic) bond motifs is 1. The van der Waals surface area contributed by atoms with Crippen LogP contribution in [0.25, 0.3) is 0 Å². The van der Waals surface area contributed by atoms with Gasteiger partial charge >= 0.3 is 0 Å². The summed E-state index contributed by atoms with van der Waals surface area (Å²) in [5.41, 5.74) is 1.09. The lowest BCUT2D eigenvalue weighted by atomic mass is 9.96. The predicted octanol–water partition coefficient (Wildman–Crippen LogP) is 0.302. The molecule has 1 aromatic carbocycles. The second kappa shape index (κ2) is 7.65. The van der Waals surface area contributed by atoms with Crippen molar-refractivity contribution in [2.24, 2.45) is 5.92 Å². The van der Waals surface area contributed by atoms with Crippen LogP contribution < -0.4 is 19.5 Å². The first kappa shape index (κ1) is 17.6. The molecular weight excluding hydrogens is 320 g/mol. The Morgan fingerprint density at radius 3 is 2.91 bits per heavy atom. The SMILES string of the molecule is COc1ccc2c(c1)OCC(CNC(=O)CCNS(C)(=O)=O)C2. The molecule has 1 aliphatic heterocycles. The van der Waals surface area contributed by atoms with E-state index in [1.54, 1.807) is 7.11 Å². The van der Waals surface area contributed by atoms with Gasteiger partial charge in [-0.2, -0.15) is 0 Å². The largest absolute Gasteiger partial charge is 0.497 e. The van der Waals surface area contributed by atoms with Crippen molar-refractivity contribution in [3.63, 3.8) is 0 Å². The van der Waals surface area contributed by atoms with Crippen molar-refractivity contribution in [2.75, 3.05) is 33.1 Å². The number of ether oxygens (including phenoxy) is 2. The normalized spacial score (nSPS) is 17.0. The molecule has 1 aliphatic rings. The number of hydrogen-bond acceptors (Lipinski definition) is 5. The molecule has 0 saturated carbocycles. The highest BCUT2D eigenvalue weighted by Crippen LogP contribution is 2.30. The molecule has 0 saturated heterocycles. The molecule has 7 nitrogen and oxygen atoms in total. The molecule has 2 rings (SSSR count). The van der Waals surface area contributed by atoms with E-state index in [9.17, 15) is 13.2 Å². The first-order chi connectivity index (χ1) is 10.9. The van der Waals surface area contributed by atoms with Crippen molar-refractivity contribution in [1.29, 1.82) is 0 Å². The van der Waals surface area contributed by atoms with Gasteiger partial charge in [-0.1, -0.05) is 6.07 Å². The maximum Gasteiger partial charge on any atom is 0.221 e. The van der Waals surface area contributed by atoms with Gasteiger partial charge in [0.1, 0.15) is 11.5 Å². The van der Waals surface area contributed by atoms with Crippen molar-refractivity contribution in [1.82, 2.24) is 10.0 Å². The van der Waals surface area contributed by atoms with Gasteiger partial charge in [0.05, 0.1) is 20.0 Å². The van der Waals surface area contributed by atoms with E-state index in [0.29, 0.717) is 13.2 Å². The van der Waals surface area contributed by atoms with Crippen molar-refractivity contribution < 1.29 is 22.7 Å². The minimum Gasteiger partial charge on any atom is -0.497 e. The van der Waals surface area contributed by atoms with Gasteiger partial charge in [0, 0.05) is 31.5 Å². The fraction of sp³-hybridized carbons (Fsp3) is 0.533. The third kappa shape index (κ3) is 5.72. The van der Waals surface area contributed by atoms with Gasteiger partial charge in [-0.25, -0.2) is 13.1 Å². The van der Waals surface area contributed by atoms with E-state index >= 15 is 0 Å². The number of amides is 1. The zero-order valence-electron chi connectivity index (χ0n) is 13.3. The van der Waals surface area contributed by atoms with Gasteiger partial charge in [0.25, 0.3) is 0 Å². The van der Waals surface area contributed by atoms with Gasteiger partial charge in [0.15, 0.2) is 0 Å². The summed E-state index contributed by atoms with van der Waals surface area (Å²) in [5, 5.41) is 2.81. The molecule has 1 aromatic rings.